The van der Waals surface area contributed by atoms with Gasteiger partial charge in [0.25, 0.3) is 0 Å². The molecule has 1 aromatic carbocycles. The van der Waals surface area contributed by atoms with E-state index in [1.807, 2.05) is 13.0 Å². The maximum Gasteiger partial charge on any atom is 0.161 e. The average molecular weight is 320 g/mol. The van der Waals surface area contributed by atoms with Gasteiger partial charge in [0.05, 0.1) is 18.1 Å². The highest BCUT2D eigenvalue weighted by atomic mass is 19.1. The van der Waals surface area contributed by atoms with Crippen LogP contribution in [-0.2, 0) is 0 Å². The molecule has 0 saturated carbocycles. The molecule has 3 aromatic heterocycles. The fourth-order valence-electron chi connectivity index (χ4n) is 2.38. The number of pyridine rings is 1. The second-order valence-electron chi connectivity index (χ2n) is 5.39. The van der Waals surface area contributed by atoms with Crippen molar-refractivity contribution in [3.8, 4) is 11.4 Å². The lowest BCUT2D eigenvalue weighted by molar-refractivity contribution is 0.628. The Hall–Kier alpha value is -3.35. The van der Waals surface area contributed by atoms with Gasteiger partial charge in [-0.15, -0.1) is 0 Å². The van der Waals surface area contributed by atoms with Gasteiger partial charge in [0.1, 0.15) is 11.6 Å². The van der Waals surface area contributed by atoms with Crippen molar-refractivity contribution in [2.45, 2.75) is 6.92 Å². The zero-order valence-corrected chi connectivity index (χ0v) is 12.8. The number of rotatable bonds is 3. The minimum Gasteiger partial charge on any atom is -0.339 e. The second kappa shape index (κ2) is 5.69. The van der Waals surface area contributed by atoms with Crippen LogP contribution in [0.5, 0.6) is 0 Å². The van der Waals surface area contributed by atoms with E-state index in [0.29, 0.717) is 17.2 Å². The number of halogens is 1. The number of aryl methyl sites for hydroxylation is 1. The van der Waals surface area contributed by atoms with Gasteiger partial charge in [0.2, 0.25) is 0 Å². The molecule has 4 aromatic rings. The molecule has 0 spiro atoms. The van der Waals surface area contributed by atoms with Crippen LogP contribution in [0, 0.1) is 12.7 Å². The summed E-state index contributed by atoms with van der Waals surface area (Å²) in [5.41, 5.74) is 3.01. The zero-order valence-electron chi connectivity index (χ0n) is 12.8. The minimum absolute atomic E-state index is 0.319. The third-order valence-electron chi connectivity index (χ3n) is 3.61. The third-order valence-corrected chi connectivity index (χ3v) is 3.61. The summed E-state index contributed by atoms with van der Waals surface area (Å²) < 4.78 is 13.4. The average Bonchev–Trinajstić information content (AvgIpc) is 3.04. The van der Waals surface area contributed by atoms with Crippen LogP contribution in [0.1, 0.15) is 5.56 Å². The summed E-state index contributed by atoms with van der Waals surface area (Å²) in [6.45, 7) is 1.90. The Balaban J connectivity index is 1.70. The molecule has 6 nitrogen and oxygen atoms in total. The van der Waals surface area contributed by atoms with E-state index in [0.717, 1.165) is 22.3 Å². The van der Waals surface area contributed by atoms with Crippen LogP contribution in [0.25, 0.3) is 22.4 Å². The van der Waals surface area contributed by atoms with Crippen LogP contribution in [-0.4, -0.2) is 25.1 Å². The molecule has 0 aliphatic rings. The number of benzene rings is 1. The van der Waals surface area contributed by atoms with Crippen molar-refractivity contribution >= 4 is 22.5 Å². The van der Waals surface area contributed by atoms with Crippen LogP contribution in [0.3, 0.4) is 0 Å². The van der Waals surface area contributed by atoms with E-state index in [2.05, 4.69) is 30.5 Å². The standard InChI is InChI=1S/C17H13FN6/c1-10-7-19-16(11-3-2-4-13(18)5-11)23-15(10)22-14-6-12-8-21-24-17(12)20-9-14/h2-9H,1H3,(H,19,22,23)(H,20,21,24). The highest BCUT2D eigenvalue weighted by Gasteiger charge is 2.08. The molecule has 0 saturated heterocycles. The number of aromatic amines is 1. The van der Waals surface area contributed by atoms with E-state index >= 15 is 0 Å². The van der Waals surface area contributed by atoms with Crippen molar-refractivity contribution in [2.24, 2.45) is 0 Å². The quantitative estimate of drug-likeness (QED) is 0.603. The van der Waals surface area contributed by atoms with E-state index in [9.17, 15) is 4.39 Å². The summed E-state index contributed by atoms with van der Waals surface area (Å²) in [6.07, 6.45) is 5.11. The van der Waals surface area contributed by atoms with Crippen molar-refractivity contribution in [3.63, 3.8) is 0 Å². The zero-order chi connectivity index (χ0) is 16.5. The lowest BCUT2D eigenvalue weighted by atomic mass is 10.2. The molecule has 2 N–H and O–H groups in total. The van der Waals surface area contributed by atoms with Gasteiger partial charge in [-0.3, -0.25) is 5.10 Å². The monoisotopic (exact) mass is 320 g/mol. The molecular formula is C17H13FN6. The van der Waals surface area contributed by atoms with E-state index in [1.165, 1.54) is 12.1 Å². The first-order chi connectivity index (χ1) is 11.7. The maximum absolute atomic E-state index is 13.4. The van der Waals surface area contributed by atoms with Gasteiger partial charge in [0, 0.05) is 22.7 Å². The Bertz CT molecular complexity index is 1030. The predicted octanol–water partition coefficient (Wildman–Crippen LogP) is 3.61. The first kappa shape index (κ1) is 14.3. The predicted molar refractivity (Wildman–Crippen MR) is 89.3 cm³/mol. The largest absolute Gasteiger partial charge is 0.339 e. The molecule has 118 valence electrons. The Morgan fingerprint density at radius 3 is 2.88 bits per heavy atom. The highest BCUT2D eigenvalue weighted by Crippen LogP contribution is 2.23. The van der Waals surface area contributed by atoms with Gasteiger partial charge < -0.3 is 5.32 Å². The van der Waals surface area contributed by atoms with Crippen LogP contribution < -0.4 is 5.32 Å². The molecule has 0 atom stereocenters. The molecule has 0 bridgehead atoms. The summed E-state index contributed by atoms with van der Waals surface area (Å²) >= 11 is 0. The van der Waals surface area contributed by atoms with Gasteiger partial charge >= 0.3 is 0 Å². The van der Waals surface area contributed by atoms with Crippen molar-refractivity contribution in [1.82, 2.24) is 25.1 Å². The smallest absolute Gasteiger partial charge is 0.161 e. The van der Waals surface area contributed by atoms with Crippen molar-refractivity contribution < 1.29 is 4.39 Å². The Morgan fingerprint density at radius 1 is 1.08 bits per heavy atom. The van der Waals surface area contributed by atoms with Gasteiger partial charge in [-0.05, 0) is 25.1 Å². The topological polar surface area (TPSA) is 79.4 Å². The van der Waals surface area contributed by atoms with E-state index in [-0.39, 0.29) is 5.82 Å². The number of nitrogens with one attached hydrogen (secondary N) is 2. The number of aromatic nitrogens is 5. The molecule has 4 rings (SSSR count). The summed E-state index contributed by atoms with van der Waals surface area (Å²) in [5, 5.41) is 10.9. The van der Waals surface area contributed by atoms with Gasteiger partial charge in [-0.2, -0.15) is 5.10 Å². The van der Waals surface area contributed by atoms with Crippen LogP contribution in [0.4, 0.5) is 15.9 Å². The highest BCUT2D eigenvalue weighted by molar-refractivity contribution is 5.78. The number of hydrogen-bond acceptors (Lipinski definition) is 5. The van der Waals surface area contributed by atoms with Crippen LogP contribution >= 0.6 is 0 Å². The first-order valence-electron chi connectivity index (χ1n) is 7.35. The summed E-state index contributed by atoms with van der Waals surface area (Å²) in [4.78, 5) is 13.1. The molecule has 24 heavy (non-hydrogen) atoms. The van der Waals surface area contributed by atoms with Crippen molar-refractivity contribution in [3.05, 3.63) is 60.3 Å². The second-order valence-corrected chi connectivity index (χ2v) is 5.39. The minimum atomic E-state index is -0.319. The SMILES string of the molecule is Cc1cnc(-c2cccc(F)c2)nc1Nc1cnc2[nH]ncc2c1. The molecule has 0 aliphatic heterocycles. The number of H-pyrrole nitrogens is 1. The molecule has 0 fully saturated rings. The lowest BCUT2D eigenvalue weighted by Crippen LogP contribution is -2.00. The number of anilines is 2. The van der Waals surface area contributed by atoms with Gasteiger partial charge in [-0.25, -0.2) is 19.3 Å². The molecule has 0 amide bonds. The lowest BCUT2D eigenvalue weighted by Gasteiger charge is -2.10. The molecule has 0 aliphatic carbocycles. The van der Waals surface area contributed by atoms with Gasteiger partial charge in [0.15, 0.2) is 11.5 Å². The number of hydrogen-bond donors (Lipinski definition) is 2. The molecule has 0 unspecified atom stereocenters. The third kappa shape index (κ3) is 2.67. The summed E-state index contributed by atoms with van der Waals surface area (Å²) in [5.74, 6) is 0.787. The Kier molecular flexibility index (Phi) is 3.38. The van der Waals surface area contributed by atoms with Gasteiger partial charge in [-0.1, -0.05) is 12.1 Å². The Labute approximate surface area is 136 Å². The first-order valence-corrected chi connectivity index (χ1v) is 7.35. The number of fused-ring (bicyclic) bond motifs is 1. The number of nitrogens with zero attached hydrogens (tertiary/aromatic N) is 4. The van der Waals surface area contributed by atoms with E-state index in [1.54, 1.807) is 30.7 Å². The van der Waals surface area contributed by atoms with Crippen LogP contribution in [0.2, 0.25) is 0 Å². The maximum atomic E-state index is 13.4. The molecule has 3 heterocycles. The van der Waals surface area contributed by atoms with Crippen molar-refractivity contribution in [2.75, 3.05) is 5.32 Å². The summed E-state index contributed by atoms with van der Waals surface area (Å²) in [6, 6.07) is 8.14. The van der Waals surface area contributed by atoms with Crippen LogP contribution in [0.15, 0.2) is 48.9 Å². The van der Waals surface area contributed by atoms with E-state index in [4.69, 9.17) is 0 Å². The fourth-order valence-corrected chi connectivity index (χ4v) is 2.38. The molecule has 0 radical (unpaired) electrons. The van der Waals surface area contributed by atoms with E-state index < -0.39 is 0 Å². The summed E-state index contributed by atoms with van der Waals surface area (Å²) in [7, 11) is 0. The van der Waals surface area contributed by atoms with Crippen molar-refractivity contribution in [1.29, 1.82) is 0 Å². The molecule has 7 heteroatoms. The normalized spacial score (nSPS) is 10.9. The molecular weight excluding hydrogens is 307 g/mol. The fraction of sp³-hybridized carbons (Fsp3) is 0.0588. The Morgan fingerprint density at radius 2 is 2.00 bits per heavy atom.